The molecule has 0 saturated heterocycles. The number of benzene rings is 1. The van der Waals surface area contributed by atoms with Crippen molar-refractivity contribution in [3.63, 3.8) is 0 Å². The molecule has 0 atom stereocenters. The van der Waals surface area contributed by atoms with Crippen LogP contribution in [0.2, 0.25) is 0 Å². The van der Waals surface area contributed by atoms with E-state index in [9.17, 15) is 14.9 Å². The van der Waals surface area contributed by atoms with E-state index < -0.39 is 4.92 Å². The van der Waals surface area contributed by atoms with Crippen LogP contribution in [0.4, 0.5) is 11.4 Å². The third kappa shape index (κ3) is 3.45. The number of para-hydroxylation sites is 1. The molecular weight excluding hydrogens is 262 g/mol. The number of rotatable bonds is 7. The Morgan fingerprint density at radius 2 is 2.15 bits per heavy atom. The number of hydrogen-bond donors (Lipinski definition) is 2. The van der Waals surface area contributed by atoms with Gasteiger partial charge < -0.3 is 15.3 Å². The first-order valence-electron chi connectivity index (χ1n) is 6.48. The van der Waals surface area contributed by atoms with Crippen LogP contribution >= 0.6 is 0 Å². The molecule has 0 heterocycles. The van der Waals surface area contributed by atoms with Crippen molar-refractivity contribution >= 4 is 17.3 Å². The van der Waals surface area contributed by atoms with Gasteiger partial charge in [-0.1, -0.05) is 6.07 Å². The Bertz CT molecular complexity index is 491. The maximum absolute atomic E-state index is 12.4. The number of aliphatic hydroxyl groups is 1. The van der Waals surface area contributed by atoms with Crippen LogP contribution in [0.25, 0.3) is 0 Å². The van der Waals surface area contributed by atoms with Gasteiger partial charge in [-0.3, -0.25) is 14.9 Å². The molecule has 7 heteroatoms. The van der Waals surface area contributed by atoms with E-state index in [0.29, 0.717) is 13.1 Å². The summed E-state index contributed by atoms with van der Waals surface area (Å²) in [6, 6.07) is 4.39. The number of anilines is 1. The summed E-state index contributed by atoms with van der Waals surface area (Å²) < 4.78 is 0. The van der Waals surface area contributed by atoms with E-state index in [-0.39, 0.29) is 36.0 Å². The van der Waals surface area contributed by atoms with Crippen LogP contribution < -0.4 is 5.32 Å². The highest BCUT2D eigenvalue weighted by molar-refractivity contribution is 6.01. The van der Waals surface area contributed by atoms with Crippen LogP contribution in [-0.2, 0) is 0 Å². The average Bonchev–Trinajstić information content (AvgIpc) is 2.44. The fourth-order valence-corrected chi connectivity index (χ4v) is 1.93. The van der Waals surface area contributed by atoms with Gasteiger partial charge in [-0.25, -0.2) is 0 Å². The zero-order valence-electron chi connectivity index (χ0n) is 11.6. The van der Waals surface area contributed by atoms with E-state index in [4.69, 9.17) is 5.11 Å². The minimum atomic E-state index is -0.517. The van der Waals surface area contributed by atoms with E-state index in [1.54, 1.807) is 19.9 Å². The lowest BCUT2D eigenvalue weighted by Gasteiger charge is -2.21. The van der Waals surface area contributed by atoms with Crippen LogP contribution in [0.5, 0.6) is 0 Å². The second kappa shape index (κ2) is 7.44. The molecule has 20 heavy (non-hydrogen) atoms. The van der Waals surface area contributed by atoms with Gasteiger partial charge in [-0.2, -0.15) is 0 Å². The summed E-state index contributed by atoms with van der Waals surface area (Å²) >= 11 is 0. The number of nitrogens with one attached hydrogen (secondary N) is 1. The fourth-order valence-electron chi connectivity index (χ4n) is 1.93. The highest BCUT2D eigenvalue weighted by Gasteiger charge is 2.23. The number of nitro benzene ring substituents is 1. The molecule has 0 aliphatic carbocycles. The van der Waals surface area contributed by atoms with Gasteiger partial charge in [0.15, 0.2) is 0 Å². The third-order valence-corrected chi connectivity index (χ3v) is 2.86. The number of likely N-dealkylation sites (N-methyl/N-ethyl adjacent to an activating group) is 1. The summed E-state index contributed by atoms with van der Waals surface area (Å²) in [6.07, 6.45) is 0. The second-order valence-corrected chi connectivity index (χ2v) is 4.10. The molecule has 0 bridgehead atoms. The molecule has 0 radical (unpaired) electrons. The number of nitro groups is 1. The van der Waals surface area contributed by atoms with E-state index in [1.165, 1.54) is 17.0 Å². The monoisotopic (exact) mass is 281 g/mol. The zero-order chi connectivity index (χ0) is 15.1. The van der Waals surface area contributed by atoms with Gasteiger partial charge in [0.2, 0.25) is 0 Å². The maximum Gasteiger partial charge on any atom is 0.293 e. The molecular formula is C13H19N3O4. The molecule has 0 aliphatic rings. The van der Waals surface area contributed by atoms with Crippen molar-refractivity contribution in [2.24, 2.45) is 0 Å². The summed E-state index contributed by atoms with van der Waals surface area (Å²) in [7, 11) is 0. The minimum Gasteiger partial charge on any atom is -0.395 e. The van der Waals surface area contributed by atoms with Gasteiger partial charge in [0, 0.05) is 25.7 Å². The normalized spacial score (nSPS) is 10.2. The van der Waals surface area contributed by atoms with E-state index >= 15 is 0 Å². The molecule has 0 fully saturated rings. The average molecular weight is 281 g/mol. The van der Waals surface area contributed by atoms with Crippen LogP contribution in [0.15, 0.2) is 18.2 Å². The van der Waals surface area contributed by atoms with Crippen molar-refractivity contribution in [2.45, 2.75) is 13.8 Å². The fraction of sp³-hybridized carbons (Fsp3) is 0.462. The molecule has 0 aromatic heterocycles. The van der Waals surface area contributed by atoms with Gasteiger partial charge in [0.1, 0.15) is 5.69 Å². The number of aliphatic hydroxyl groups excluding tert-OH is 1. The third-order valence-electron chi connectivity index (χ3n) is 2.86. The summed E-state index contributed by atoms with van der Waals surface area (Å²) in [4.78, 5) is 24.4. The predicted molar refractivity (Wildman–Crippen MR) is 75.9 cm³/mol. The molecule has 0 unspecified atom stereocenters. The Morgan fingerprint density at radius 1 is 1.45 bits per heavy atom. The highest BCUT2D eigenvalue weighted by Crippen LogP contribution is 2.29. The standard InChI is InChI=1S/C13H19N3O4/c1-3-14-12-10(6-5-7-11(12)16(19)20)13(18)15(4-2)8-9-17/h5-7,14,17H,3-4,8-9H2,1-2H3. The molecule has 0 saturated carbocycles. The molecule has 7 nitrogen and oxygen atoms in total. The van der Waals surface area contributed by atoms with Crippen molar-refractivity contribution in [1.82, 2.24) is 4.90 Å². The highest BCUT2D eigenvalue weighted by atomic mass is 16.6. The molecule has 1 aromatic carbocycles. The summed E-state index contributed by atoms with van der Waals surface area (Å²) in [6.45, 7) is 4.54. The predicted octanol–water partition coefficient (Wildman–Crippen LogP) is 1.48. The van der Waals surface area contributed by atoms with Gasteiger partial charge in [-0.15, -0.1) is 0 Å². The van der Waals surface area contributed by atoms with Crippen molar-refractivity contribution in [3.8, 4) is 0 Å². The first-order valence-corrected chi connectivity index (χ1v) is 6.48. The van der Waals surface area contributed by atoms with Crippen molar-refractivity contribution in [2.75, 3.05) is 31.6 Å². The lowest BCUT2D eigenvalue weighted by atomic mass is 10.1. The van der Waals surface area contributed by atoms with Crippen molar-refractivity contribution in [3.05, 3.63) is 33.9 Å². The minimum absolute atomic E-state index is 0.127. The molecule has 2 N–H and O–H groups in total. The SMILES string of the molecule is CCNc1c(C(=O)N(CC)CCO)cccc1[N+](=O)[O-]. The van der Waals surface area contributed by atoms with Gasteiger partial charge in [0.25, 0.3) is 11.6 Å². The summed E-state index contributed by atoms with van der Waals surface area (Å²) in [5.74, 6) is -0.332. The number of amides is 1. The maximum atomic E-state index is 12.4. The van der Waals surface area contributed by atoms with E-state index in [2.05, 4.69) is 5.32 Å². The smallest absolute Gasteiger partial charge is 0.293 e. The molecule has 1 rings (SSSR count). The van der Waals surface area contributed by atoms with Crippen molar-refractivity contribution in [1.29, 1.82) is 0 Å². The quantitative estimate of drug-likeness (QED) is 0.583. The zero-order valence-corrected chi connectivity index (χ0v) is 11.6. The van der Waals surface area contributed by atoms with Crippen molar-refractivity contribution < 1.29 is 14.8 Å². The Hall–Kier alpha value is -2.15. The molecule has 0 aliphatic heterocycles. The van der Waals surface area contributed by atoms with E-state index in [1.807, 2.05) is 0 Å². The molecule has 1 amide bonds. The van der Waals surface area contributed by atoms with Gasteiger partial charge in [-0.05, 0) is 19.9 Å². The summed E-state index contributed by atoms with van der Waals surface area (Å²) in [5, 5.41) is 22.9. The first-order chi connectivity index (χ1) is 9.56. The van der Waals surface area contributed by atoms with Crippen LogP contribution in [0.3, 0.4) is 0 Å². The summed E-state index contributed by atoms with van der Waals surface area (Å²) in [5.41, 5.74) is 0.343. The second-order valence-electron chi connectivity index (χ2n) is 4.10. The number of nitrogens with zero attached hydrogens (tertiary/aromatic N) is 2. The lowest BCUT2D eigenvalue weighted by molar-refractivity contribution is -0.384. The van der Waals surface area contributed by atoms with E-state index in [0.717, 1.165) is 0 Å². The Labute approximate surface area is 117 Å². The van der Waals surface area contributed by atoms with Crippen LogP contribution in [-0.4, -0.2) is 47.1 Å². The lowest BCUT2D eigenvalue weighted by Crippen LogP contribution is -2.33. The molecule has 110 valence electrons. The number of carbonyl (C=O) groups is 1. The van der Waals surface area contributed by atoms with Gasteiger partial charge >= 0.3 is 0 Å². The van der Waals surface area contributed by atoms with Crippen LogP contribution in [0, 0.1) is 10.1 Å². The largest absolute Gasteiger partial charge is 0.395 e. The number of hydrogen-bond acceptors (Lipinski definition) is 5. The first kappa shape index (κ1) is 15.9. The Kier molecular flexibility index (Phi) is 5.92. The Morgan fingerprint density at radius 3 is 2.65 bits per heavy atom. The number of carbonyl (C=O) groups excluding carboxylic acids is 1. The Balaban J connectivity index is 3.25. The van der Waals surface area contributed by atoms with Crippen LogP contribution in [0.1, 0.15) is 24.2 Å². The molecule has 1 aromatic rings. The molecule has 0 spiro atoms. The topological polar surface area (TPSA) is 95.7 Å². The van der Waals surface area contributed by atoms with Gasteiger partial charge in [0.05, 0.1) is 17.1 Å².